The molecule has 0 spiro atoms. The van der Waals surface area contributed by atoms with E-state index in [4.69, 9.17) is 4.74 Å². The highest BCUT2D eigenvalue weighted by atomic mass is 19.2. The molecule has 2 saturated heterocycles. The molecule has 0 bridgehead atoms. The lowest BCUT2D eigenvalue weighted by molar-refractivity contribution is -0.133. The van der Waals surface area contributed by atoms with E-state index in [1.807, 2.05) is 0 Å². The van der Waals surface area contributed by atoms with Crippen LogP contribution in [0.5, 0.6) is 0 Å². The average molecular weight is 409 g/mol. The van der Waals surface area contributed by atoms with Crippen LogP contribution >= 0.6 is 0 Å². The Morgan fingerprint density at radius 1 is 1.21 bits per heavy atom. The summed E-state index contributed by atoms with van der Waals surface area (Å²) in [4.78, 5) is 39.1. The first-order chi connectivity index (χ1) is 13.9. The van der Waals surface area contributed by atoms with Crippen LogP contribution < -0.4 is 5.32 Å². The van der Waals surface area contributed by atoms with Crippen molar-refractivity contribution in [3.05, 3.63) is 35.4 Å². The van der Waals surface area contributed by atoms with Crippen LogP contribution in [0, 0.1) is 17.6 Å². The van der Waals surface area contributed by atoms with Crippen LogP contribution in [0.3, 0.4) is 0 Å². The first-order valence-corrected chi connectivity index (χ1v) is 9.82. The van der Waals surface area contributed by atoms with Gasteiger partial charge in [-0.15, -0.1) is 0 Å². The Bertz CT molecular complexity index is 774. The number of nitrogens with one attached hydrogen (secondary N) is 1. The smallest absolute Gasteiger partial charge is 0.410 e. The molecule has 29 heavy (non-hydrogen) atoms. The van der Waals surface area contributed by atoms with E-state index in [-0.39, 0.29) is 30.8 Å². The molecular formula is C20H25F2N3O4. The predicted molar refractivity (Wildman–Crippen MR) is 99.7 cm³/mol. The molecule has 3 rings (SSSR count). The number of carbonyl (C=O) groups is 3. The molecule has 2 aliphatic rings. The van der Waals surface area contributed by atoms with E-state index in [9.17, 15) is 23.2 Å². The summed E-state index contributed by atoms with van der Waals surface area (Å²) in [7, 11) is 0. The second kappa shape index (κ2) is 9.67. The summed E-state index contributed by atoms with van der Waals surface area (Å²) >= 11 is 0. The Hall–Kier alpha value is -2.71. The van der Waals surface area contributed by atoms with Crippen molar-refractivity contribution in [1.29, 1.82) is 0 Å². The molecule has 158 valence electrons. The SMILES string of the molecule is O=C(CCC1CCCN(C(=O)CN2CCOC2=O)C1)NCc1ccc(F)c(F)c1. The fourth-order valence-corrected chi connectivity index (χ4v) is 3.63. The molecule has 0 radical (unpaired) electrons. The molecule has 7 nitrogen and oxygen atoms in total. The number of piperidine rings is 1. The minimum Gasteiger partial charge on any atom is -0.448 e. The fourth-order valence-electron chi connectivity index (χ4n) is 3.63. The third-order valence-electron chi connectivity index (χ3n) is 5.30. The number of cyclic esters (lactones) is 1. The van der Waals surface area contributed by atoms with E-state index < -0.39 is 17.7 Å². The molecule has 1 N–H and O–H groups in total. The lowest BCUT2D eigenvalue weighted by Gasteiger charge is -2.33. The van der Waals surface area contributed by atoms with Gasteiger partial charge in [0.05, 0.1) is 6.54 Å². The molecule has 3 amide bonds. The van der Waals surface area contributed by atoms with Gasteiger partial charge < -0.3 is 15.0 Å². The van der Waals surface area contributed by atoms with Gasteiger partial charge in [-0.05, 0) is 42.9 Å². The van der Waals surface area contributed by atoms with Crippen LogP contribution in [0.15, 0.2) is 18.2 Å². The monoisotopic (exact) mass is 409 g/mol. The topological polar surface area (TPSA) is 79.0 Å². The average Bonchev–Trinajstić information content (AvgIpc) is 3.12. The summed E-state index contributed by atoms with van der Waals surface area (Å²) in [5.41, 5.74) is 0.493. The van der Waals surface area contributed by atoms with Crippen LogP contribution in [-0.4, -0.2) is 60.5 Å². The normalized spacial score (nSPS) is 19.2. The van der Waals surface area contributed by atoms with Gasteiger partial charge in [-0.2, -0.15) is 0 Å². The standard InChI is InChI=1S/C20H25F2N3O4/c21-16-5-3-15(10-17(16)22)11-23-18(26)6-4-14-2-1-7-24(12-14)19(27)13-25-8-9-29-20(25)28/h3,5,10,14H,1-2,4,6-9,11-13H2,(H,23,26). The summed E-state index contributed by atoms with van der Waals surface area (Å²) in [5.74, 6) is -1.91. The maximum Gasteiger partial charge on any atom is 0.410 e. The summed E-state index contributed by atoms with van der Waals surface area (Å²) in [6, 6.07) is 3.53. The van der Waals surface area contributed by atoms with Crippen molar-refractivity contribution in [3.8, 4) is 0 Å². The molecule has 1 aromatic carbocycles. The minimum atomic E-state index is -0.939. The van der Waals surface area contributed by atoms with Crippen molar-refractivity contribution in [2.75, 3.05) is 32.8 Å². The number of carbonyl (C=O) groups excluding carboxylic acids is 3. The first-order valence-electron chi connectivity index (χ1n) is 9.82. The van der Waals surface area contributed by atoms with Gasteiger partial charge >= 0.3 is 6.09 Å². The van der Waals surface area contributed by atoms with Gasteiger partial charge in [-0.1, -0.05) is 6.07 Å². The number of hydrogen-bond donors (Lipinski definition) is 1. The number of likely N-dealkylation sites (tertiary alicyclic amines) is 1. The quantitative estimate of drug-likeness (QED) is 0.748. The maximum absolute atomic E-state index is 13.2. The molecular weight excluding hydrogens is 384 g/mol. The van der Waals surface area contributed by atoms with Crippen LogP contribution in [0.2, 0.25) is 0 Å². The molecule has 0 aliphatic carbocycles. The van der Waals surface area contributed by atoms with Crippen molar-refractivity contribution < 1.29 is 27.9 Å². The highest BCUT2D eigenvalue weighted by Gasteiger charge is 2.29. The van der Waals surface area contributed by atoms with Crippen LogP contribution in [-0.2, 0) is 20.9 Å². The largest absolute Gasteiger partial charge is 0.448 e. The molecule has 1 unspecified atom stereocenters. The Kier molecular flexibility index (Phi) is 7.00. The number of benzene rings is 1. The van der Waals surface area contributed by atoms with Crippen molar-refractivity contribution >= 4 is 17.9 Å². The Labute approximate surface area is 168 Å². The lowest BCUT2D eigenvalue weighted by atomic mass is 9.93. The van der Waals surface area contributed by atoms with Gasteiger partial charge in [0.25, 0.3) is 0 Å². The maximum atomic E-state index is 13.2. The first kappa shape index (κ1) is 21.0. The van der Waals surface area contributed by atoms with Crippen LogP contribution in [0.1, 0.15) is 31.2 Å². The number of rotatable bonds is 7. The van der Waals surface area contributed by atoms with E-state index in [0.29, 0.717) is 44.6 Å². The van der Waals surface area contributed by atoms with Crippen molar-refractivity contribution in [2.45, 2.75) is 32.2 Å². The van der Waals surface area contributed by atoms with Crippen LogP contribution in [0.4, 0.5) is 13.6 Å². The molecule has 0 aromatic heterocycles. The van der Waals surface area contributed by atoms with Gasteiger partial charge in [0.15, 0.2) is 11.6 Å². The number of hydrogen-bond acceptors (Lipinski definition) is 4. The van der Waals surface area contributed by atoms with E-state index in [2.05, 4.69) is 5.32 Å². The minimum absolute atomic E-state index is 0.0280. The molecule has 9 heteroatoms. The third kappa shape index (κ3) is 5.88. The number of amides is 3. The van der Waals surface area contributed by atoms with E-state index in [1.54, 1.807) is 4.90 Å². The number of halogens is 2. The second-order valence-electron chi connectivity index (χ2n) is 7.45. The van der Waals surface area contributed by atoms with Gasteiger partial charge in [-0.25, -0.2) is 13.6 Å². The van der Waals surface area contributed by atoms with Gasteiger partial charge in [0, 0.05) is 26.1 Å². The molecule has 1 atom stereocenters. The number of ether oxygens (including phenoxy) is 1. The second-order valence-corrected chi connectivity index (χ2v) is 7.45. The Balaban J connectivity index is 1.39. The summed E-state index contributed by atoms with van der Waals surface area (Å²) in [6.07, 6.45) is 2.28. The third-order valence-corrected chi connectivity index (χ3v) is 5.30. The highest BCUT2D eigenvalue weighted by Crippen LogP contribution is 2.21. The van der Waals surface area contributed by atoms with E-state index >= 15 is 0 Å². The zero-order chi connectivity index (χ0) is 20.8. The zero-order valence-electron chi connectivity index (χ0n) is 16.2. The van der Waals surface area contributed by atoms with Gasteiger partial charge in [0.2, 0.25) is 11.8 Å². The predicted octanol–water partition coefficient (Wildman–Crippen LogP) is 2.05. The summed E-state index contributed by atoms with van der Waals surface area (Å²) in [6.45, 7) is 2.13. The van der Waals surface area contributed by atoms with Crippen molar-refractivity contribution in [3.63, 3.8) is 0 Å². The number of nitrogens with zero attached hydrogens (tertiary/aromatic N) is 2. The van der Waals surface area contributed by atoms with Crippen molar-refractivity contribution in [1.82, 2.24) is 15.1 Å². The molecule has 1 aromatic rings. The fraction of sp³-hybridized carbons (Fsp3) is 0.550. The summed E-state index contributed by atoms with van der Waals surface area (Å²) in [5, 5.41) is 2.71. The highest BCUT2D eigenvalue weighted by molar-refractivity contribution is 5.83. The molecule has 2 heterocycles. The van der Waals surface area contributed by atoms with E-state index in [1.165, 1.54) is 11.0 Å². The van der Waals surface area contributed by atoms with Crippen molar-refractivity contribution in [2.24, 2.45) is 5.92 Å². The molecule has 2 fully saturated rings. The van der Waals surface area contributed by atoms with Crippen LogP contribution in [0.25, 0.3) is 0 Å². The van der Waals surface area contributed by atoms with E-state index in [0.717, 1.165) is 25.0 Å². The Morgan fingerprint density at radius 3 is 2.76 bits per heavy atom. The molecule has 0 saturated carbocycles. The summed E-state index contributed by atoms with van der Waals surface area (Å²) < 4.78 is 31.0. The molecule has 2 aliphatic heterocycles. The zero-order valence-corrected chi connectivity index (χ0v) is 16.2. The van der Waals surface area contributed by atoms with Gasteiger partial charge in [-0.3, -0.25) is 14.5 Å². The lowest BCUT2D eigenvalue weighted by Crippen LogP contribution is -2.45. The van der Waals surface area contributed by atoms with Gasteiger partial charge in [0.1, 0.15) is 13.2 Å². The Morgan fingerprint density at radius 2 is 2.03 bits per heavy atom.